The molecule has 24 heteroatoms. The van der Waals surface area contributed by atoms with Crippen molar-refractivity contribution in [3.05, 3.63) is 120 Å². The summed E-state index contributed by atoms with van der Waals surface area (Å²) in [6, 6.07) is 29.4. The van der Waals surface area contributed by atoms with Crippen molar-refractivity contribution in [2.24, 2.45) is 0 Å². The zero-order chi connectivity index (χ0) is 55.0. The minimum Gasteiger partial charge on any atom is -0.378 e. The van der Waals surface area contributed by atoms with Crippen LogP contribution in [0.1, 0.15) is 45.0 Å². The smallest absolute Gasteiger partial charge is 0.271 e. The Balaban J connectivity index is 0.922. The van der Waals surface area contributed by atoms with Crippen LogP contribution < -0.4 is 20.2 Å². The van der Waals surface area contributed by atoms with Crippen LogP contribution in [0.5, 0.6) is 0 Å². The average molecular weight is 1150 g/mol. The first-order valence-electron chi connectivity index (χ1n) is 25.3. The normalized spacial score (nSPS) is 17.6. The molecule has 1 fully saturated rings. The Labute approximate surface area is 463 Å². The maximum atomic E-state index is 12.9. The minimum absolute atomic E-state index is 0.00613. The molecule has 0 spiro atoms. The molecule has 414 valence electrons. The van der Waals surface area contributed by atoms with E-state index in [9.17, 15) is 30.7 Å². The van der Waals surface area contributed by atoms with Gasteiger partial charge in [-0.1, -0.05) is 88.8 Å². The summed E-state index contributed by atoms with van der Waals surface area (Å²) in [5.74, 6) is -0.969. The van der Waals surface area contributed by atoms with Crippen LogP contribution in [0, 0.1) is 0 Å². The Bertz CT molecular complexity index is 3190. The second-order valence-electron chi connectivity index (χ2n) is 18.7. The van der Waals surface area contributed by atoms with Crippen LogP contribution >= 0.6 is 35.1 Å². The van der Waals surface area contributed by atoms with Gasteiger partial charge in [0.1, 0.15) is 29.5 Å². The van der Waals surface area contributed by atoms with Crippen molar-refractivity contribution in [1.29, 1.82) is 0 Å². The Hall–Kier alpha value is -5.38. The number of benzene rings is 4. The third-order valence-corrected chi connectivity index (χ3v) is 17.5. The number of carbonyl (C=O) groups is 1. The van der Waals surface area contributed by atoms with Crippen molar-refractivity contribution < 1.29 is 63.9 Å². The molecule has 3 heterocycles. The molecule has 19 nitrogen and oxygen atoms in total. The second-order valence-corrected chi connectivity index (χ2v) is 25.0. The standard InChI is InChI=1S/C53H66N8O11S5/c1-40-39-58(41(2)38-57(40)26-11-25-56(4)42(3)75-72-71-63)27-12-28-59(31-35-77(67,68)69)55-23-10-18-50(62)54-24-32-70-33-30-60-47-36-45(43-14-6-5-7-15-43)20-21-48(47)73-51(60)37-52-61(29-13-34-76(64,65)66)53-46-17-9-8-16-44(46)19-22-49(53)74-52/h5-9,11-12,14-17,19-22,25-28,36-37,40-42,55H,10,13,18,23-24,29-35,38-39H2,1-4H3,(H-3,54,62,63,64,65,66,67,68,69)/p+3. The second kappa shape index (κ2) is 28.5. The van der Waals surface area contributed by atoms with Crippen molar-refractivity contribution in [3.8, 4) is 11.1 Å². The van der Waals surface area contributed by atoms with Crippen LogP contribution in [0.2, 0.25) is 0 Å². The number of nitrogens with zero attached hydrogens (tertiary/aromatic N) is 6. The molecule has 0 saturated carbocycles. The number of nitrogens with one attached hydrogen (secondary N) is 2. The molecule has 0 radical (unpaired) electrons. The minimum atomic E-state index is -4.22. The van der Waals surface area contributed by atoms with Crippen LogP contribution in [0.15, 0.2) is 119 Å². The van der Waals surface area contributed by atoms with E-state index < -0.39 is 26.0 Å². The van der Waals surface area contributed by atoms with Gasteiger partial charge in [-0.2, -0.15) is 26.8 Å². The molecule has 3 unspecified atom stereocenters. The Morgan fingerprint density at radius 2 is 1.60 bits per heavy atom. The van der Waals surface area contributed by atoms with Gasteiger partial charge in [0.25, 0.3) is 25.2 Å². The number of ether oxygens (including phenoxy) is 1. The predicted molar refractivity (Wildman–Crippen MR) is 307 cm³/mol. The van der Waals surface area contributed by atoms with Crippen LogP contribution in [-0.4, -0.2) is 157 Å². The van der Waals surface area contributed by atoms with Crippen molar-refractivity contribution in [3.63, 3.8) is 0 Å². The maximum Gasteiger partial charge on any atom is 0.271 e. The first kappa shape index (κ1) is 59.3. The number of hydrazine groups is 1. The van der Waals surface area contributed by atoms with E-state index in [4.69, 9.17) is 9.99 Å². The number of allylic oxidation sites excluding steroid dienone is 2. The number of aromatic nitrogens is 1. The molecule has 5 aromatic rings. The van der Waals surface area contributed by atoms with E-state index in [1.165, 1.54) is 0 Å². The van der Waals surface area contributed by atoms with Crippen LogP contribution in [0.25, 0.3) is 38.2 Å². The molecule has 2 aliphatic heterocycles. The quantitative estimate of drug-likeness (QED) is 0.00492. The molecule has 1 amide bonds. The third kappa shape index (κ3) is 17.8. The first-order chi connectivity index (χ1) is 37.0. The van der Waals surface area contributed by atoms with Crippen molar-refractivity contribution >= 4 is 106 Å². The van der Waals surface area contributed by atoms with Gasteiger partial charge in [-0.3, -0.25) is 13.9 Å². The SMILES string of the molecule is CC1CN(C=CC=[N+](C)C(C)SOOO)C(C)CN1C=CC=[N+](CCS(=O)(=O)O)NCCCC(=O)NCCOCCN1C(=Cc2sc3ccc4ccccc4c3[n+]2CCCS(=O)(=O)O)Sc2ccc(-c3ccccc3)cc21. The van der Waals surface area contributed by atoms with E-state index in [0.29, 0.717) is 45.8 Å². The molecular weight excluding hydrogens is 1080 g/mol. The molecule has 2 aliphatic rings. The van der Waals surface area contributed by atoms with Crippen LogP contribution in [0.3, 0.4) is 0 Å². The van der Waals surface area contributed by atoms with Gasteiger partial charge >= 0.3 is 0 Å². The lowest BCUT2D eigenvalue weighted by Gasteiger charge is -2.43. The first-order valence-corrected chi connectivity index (χ1v) is 31.0. The number of anilines is 1. The summed E-state index contributed by atoms with van der Waals surface area (Å²) in [7, 11) is -6.47. The summed E-state index contributed by atoms with van der Waals surface area (Å²) >= 11 is 4.26. The van der Waals surface area contributed by atoms with E-state index in [-0.39, 0.29) is 48.5 Å². The van der Waals surface area contributed by atoms with Gasteiger partial charge in [0.05, 0.1) is 47.7 Å². The number of aryl methyl sites for hydroxylation is 1. The molecule has 4 aromatic carbocycles. The topological polar surface area (TPSA) is 217 Å². The van der Waals surface area contributed by atoms with Gasteiger partial charge in [-0.05, 0) is 61.0 Å². The van der Waals surface area contributed by atoms with E-state index in [1.807, 2.05) is 79.6 Å². The number of rotatable bonds is 28. The van der Waals surface area contributed by atoms with Crippen molar-refractivity contribution in [2.45, 2.75) is 68.9 Å². The Morgan fingerprint density at radius 1 is 0.883 bits per heavy atom. The molecule has 1 aromatic heterocycles. The Kier molecular flexibility index (Phi) is 21.9. The van der Waals surface area contributed by atoms with Gasteiger partial charge in [0, 0.05) is 87.5 Å². The third-order valence-electron chi connectivity index (χ3n) is 13.0. The van der Waals surface area contributed by atoms with E-state index in [2.05, 4.69) is 114 Å². The highest BCUT2D eigenvalue weighted by atomic mass is 32.2. The van der Waals surface area contributed by atoms with E-state index >= 15 is 0 Å². The molecule has 77 heavy (non-hydrogen) atoms. The summed E-state index contributed by atoms with van der Waals surface area (Å²) in [5, 5.41) is 19.0. The fourth-order valence-electron chi connectivity index (χ4n) is 8.86. The maximum absolute atomic E-state index is 12.9. The number of thiazole rings is 1. The number of thioether (sulfide) groups is 1. The zero-order valence-corrected chi connectivity index (χ0v) is 47.7. The molecule has 7 rings (SSSR count). The van der Waals surface area contributed by atoms with Gasteiger partial charge in [-0.15, -0.1) is 9.02 Å². The number of carbonyl (C=O) groups excluding carboxylic acids is 1. The summed E-state index contributed by atoms with van der Waals surface area (Å²) in [6.07, 6.45) is 14.5. The van der Waals surface area contributed by atoms with Gasteiger partial charge in [0.15, 0.2) is 25.5 Å². The highest BCUT2D eigenvalue weighted by molar-refractivity contribution is 8.04. The highest BCUT2D eigenvalue weighted by Crippen LogP contribution is 2.48. The number of hydrogen-bond donors (Lipinski definition) is 5. The number of piperazine rings is 1. The molecule has 0 bridgehead atoms. The Morgan fingerprint density at radius 3 is 2.32 bits per heavy atom. The molecule has 3 atom stereocenters. The van der Waals surface area contributed by atoms with Gasteiger partial charge < -0.3 is 24.8 Å². The van der Waals surface area contributed by atoms with Crippen molar-refractivity contribution in [2.75, 3.05) is 75.9 Å². The lowest BCUT2D eigenvalue weighted by atomic mass is 10.0. The molecule has 1 saturated heterocycles. The fourth-order valence-corrected chi connectivity index (χ4v) is 12.5. The lowest BCUT2D eigenvalue weighted by molar-refractivity contribution is -0.667. The van der Waals surface area contributed by atoms with E-state index in [1.54, 1.807) is 34.0 Å². The van der Waals surface area contributed by atoms with Gasteiger partial charge in [-0.25, -0.2) is 9.83 Å². The number of fused-ring (bicyclic) bond motifs is 4. The summed E-state index contributed by atoms with van der Waals surface area (Å²) in [6.45, 7) is 9.93. The fraction of sp³-hybridized carbons (Fsp3) is 0.396. The molecule has 5 N–H and O–H groups in total. The summed E-state index contributed by atoms with van der Waals surface area (Å²) in [4.78, 5) is 20.7. The van der Waals surface area contributed by atoms with Gasteiger partial charge in [0.2, 0.25) is 16.8 Å². The lowest BCUT2D eigenvalue weighted by Crippen LogP contribution is -2.52. The highest BCUT2D eigenvalue weighted by Gasteiger charge is 2.30. The zero-order valence-electron chi connectivity index (χ0n) is 43.6. The van der Waals surface area contributed by atoms with Crippen molar-refractivity contribution in [1.82, 2.24) is 20.5 Å². The summed E-state index contributed by atoms with van der Waals surface area (Å²) < 4.78 is 83.4. The number of hydrogen-bond acceptors (Lipinski definition) is 16. The van der Waals surface area contributed by atoms with E-state index in [0.717, 1.165) is 77.9 Å². The number of amides is 1. The monoisotopic (exact) mass is 1150 g/mol. The van der Waals surface area contributed by atoms with Crippen LogP contribution in [-0.2, 0) is 45.7 Å². The number of hydrazone groups is 1. The average Bonchev–Trinajstić information content (AvgIpc) is 3.95. The summed E-state index contributed by atoms with van der Waals surface area (Å²) in [5.41, 5.74) is 7.41. The molecular formula is C53H69N8O11S5+3. The predicted octanol–water partition coefficient (Wildman–Crippen LogP) is 7.14. The molecule has 0 aliphatic carbocycles. The largest absolute Gasteiger partial charge is 0.378 e. The van der Waals surface area contributed by atoms with Crippen LogP contribution in [0.4, 0.5) is 5.69 Å².